The van der Waals surface area contributed by atoms with E-state index in [1.807, 2.05) is 6.92 Å². The van der Waals surface area contributed by atoms with Crippen molar-refractivity contribution in [2.24, 2.45) is 0 Å². The molecule has 0 aliphatic rings. The molecule has 0 aromatic carbocycles. The molecule has 1 heterocycles. The zero-order valence-corrected chi connectivity index (χ0v) is 12.0. The highest BCUT2D eigenvalue weighted by atomic mass is 32.1. The molecule has 108 valence electrons. The van der Waals surface area contributed by atoms with Crippen molar-refractivity contribution in [2.45, 2.75) is 19.8 Å². The lowest BCUT2D eigenvalue weighted by molar-refractivity contribution is -0.131. The molecule has 0 fully saturated rings. The summed E-state index contributed by atoms with van der Waals surface area (Å²) in [6.45, 7) is 2.01. The van der Waals surface area contributed by atoms with Crippen LogP contribution in [0.5, 0.6) is 0 Å². The van der Waals surface area contributed by atoms with Crippen LogP contribution in [-0.2, 0) is 20.7 Å². The van der Waals surface area contributed by atoms with Gasteiger partial charge in [-0.1, -0.05) is 13.3 Å². The Kier molecular flexibility index (Phi) is 5.92. The Morgan fingerprint density at radius 3 is 2.65 bits per heavy atom. The number of anilines is 1. The van der Waals surface area contributed by atoms with Crippen LogP contribution in [0.4, 0.5) is 5.00 Å². The fraction of sp³-hybridized carbons (Fsp3) is 0.308. The second kappa shape index (κ2) is 7.44. The van der Waals surface area contributed by atoms with Crippen LogP contribution in [0.1, 0.15) is 28.6 Å². The van der Waals surface area contributed by atoms with E-state index in [0.29, 0.717) is 5.00 Å². The molecule has 20 heavy (non-hydrogen) atoms. The van der Waals surface area contributed by atoms with Crippen LogP contribution in [0.15, 0.2) is 18.2 Å². The minimum absolute atomic E-state index is 0.276. The molecule has 0 spiro atoms. The molecule has 2 N–H and O–H groups in total. The Morgan fingerprint density at radius 2 is 2.10 bits per heavy atom. The number of carboxylic acid groups (broad SMARTS) is 1. The smallest absolute Gasteiger partial charge is 0.340 e. The molecule has 0 aliphatic heterocycles. The van der Waals surface area contributed by atoms with Gasteiger partial charge in [-0.15, -0.1) is 11.3 Å². The lowest BCUT2D eigenvalue weighted by Gasteiger charge is -2.01. The normalized spacial score (nSPS) is 10.5. The number of carboxylic acids is 1. The van der Waals surface area contributed by atoms with Gasteiger partial charge in [-0.05, 0) is 12.5 Å². The number of hydrogen-bond acceptors (Lipinski definition) is 5. The molecule has 1 amide bonds. The van der Waals surface area contributed by atoms with Crippen LogP contribution in [-0.4, -0.2) is 30.1 Å². The van der Waals surface area contributed by atoms with Crippen molar-refractivity contribution in [1.29, 1.82) is 0 Å². The third-order valence-corrected chi connectivity index (χ3v) is 3.41. The van der Waals surface area contributed by atoms with E-state index in [4.69, 9.17) is 5.11 Å². The van der Waals surface area contributed by atoms with Gasteiger partial charge in [0.15, 0.2) is 0 Å². The van der Waals surface area contributed by atoms with Crippen LogP contribution in [0.3, 0.4) is 0 Å². The quantitative estimate of drug-likeness (QED) is 0.619. The van der Waals surface area contributed by atoms with E-state index in [9.17, 15) is 14.4 Å². The summed E-state index contributed by atoms with van der Waals surface area (Å²) in [5.74, 6) is -2.37. The molecule has 1 rings (SSSR count). The highest BCUT2D eigenvalue weighted by Gasteiger charge is 2.17. The van der Waals surface area contributed by atoms with Crippen molar-refractivity contribution in [3.63, 3.8) is 0 Å². The molecule has 0 atom stereocenters. The second-order valence-electron chi connectivity index (χ2n) is 3.86. The van der Waals surface area contributed by atoms with Gasteiger partial charge in [0.05, 0.1) is 12.7 Å². The number of amides is 1. The number of rotatable bonds is 6. The largest absolute Gasteiger partial charge is 0.478 e. The molecular formula is C13H15NO5S. The summed E-state index contributed by atoms with van der Waals surface area (Å²) < 4.78 is 4.65. The number of esters is 1. The van der Waals surface area contributed by atoms with Crippen LogP contribution in [0.2, 0.25) is 0 Å². The van der Waals surface area contributed by atoms with Gasteiger partial charge in [0.2, 0.25) is 5.91 Å². The fourth-order valence-electron chi connectivity index (χ4n) is 1.47. The molecule has 0 saturated heterocycles. The summed E-state index contributed by atoms with van der Waals surface area (Å²) in [5, 5.41) is 11.3. The Bertz CT molecular complexity index is 547. The van der Waals surface area contributed by atoms with E-state index in [-0.39, 0.29) is 5.56 Å². The molecule has 1 aromatic rings. The van der Waals surface area contributed by atoms with Crippen LogP contribution < -0.4 is 5.32 Å². The van der Waals surface area contributed by atoms with Gasteiger partial charge >= 0.3 is 11.9 Å². The maximum atomic E-state index is 11.6. The monoisotopic (exact) mass is 297 g/mol. The molecule has 0 bridgehead atoms. The third kappa shape index (κ3) is 4.51. The summed E-state index contributed by atoms with van der Waals surface area (Å²) in [5.41, 5.74) is 0.276. The molecule has 7 heteroatoms. The lowest BCUT2D eigenvalue weighted by Crippen LogP contribution is -2.11. The zero-order chi connectivity index (χ0) is 15.1. The highest BCUT2D eigenvalue weighted by molar-refractivity contribution is 7.16. The Balaban J connectivity index is 2.94. The number of aryl methyl sites for hydroxylation is 1. The lowest BCUT2D eigenvalue weighted by atomic mass is 10.2. The molecule has 0 unspecified atom stereocenters. The first-order chi connectivity index (χ1) is 9.47. The molecule has 0 radical (unpaired) electrons. The second-order valence-corrected chi connectivity index (χ2v) is 4.99. The minimum atomic E-state index is -1.22. The Labute approximate surface area is 120 Å². The predicted molar refractivity (Wildman–Crippen MR) is 75.1 cm³/mol. The molecule has 1 aromatic heterocycles. The number of thiophene rings is 1. The molecule has 0 saturated carbocycles. The average molecular weight is 297 g/mol. The first-order valence-electron chi connectivity index (χ1n) is 5.91. The van der Waals surface area contributed by atoms with E-state index < -0.39 is 17.8 Å². The number of carbonyl (C=O) groups excluding carboxylic acids is 2. The van der Waals surface area contributed by atoms with Gasteiger partial charge < -0.3 is 15.2 Å². The average Bonchev–Trinajstić information content (AvgIpc) is 2.78. The summed E-state index contributed by atoms with van der Waals surface area (Å²) in [7, 11) is 1.26. The fourth-order valence-corrected chi connectivity index (χ4v) is 2.62. The minimum Gasteiger partial charge on any atom is -0.478 e. The van der Waals surface area contributed by atoms with Gasteiger partial charge in [-0.3, -0.25) is 4.79 Å². The zero-order valence-electron chi connectivity index (χ0n) is 11.1. The van der Waals surface area contributed by atoms with Crippen molar-refractivity contribution in [2.75, 3.05) is 12.4 Å². The number of nitrogens with one attached hydrogen (secondary N) is 1. The number of hydrogen-bond donors (Lipinski definition) is 2. The van der Waals surface area contributed by atoms with Crippen LogP contribution >= 0.6 is 11.3 Å². The van der Waals surface area contributed by atoms with Crippen LogP contribution in [0, 0.1) is 0 Å². The summed E-state index contributed by atoms with van der Waals surface area (Å²) in [6.07, 6.45) is 3.32. The summed E-state index contributed by atoms with van der Waals surface area (Å²) in [6, 6.07) is 1.68. The van der Waals surface area contributed by atoms with Crippen molar-refractivity contribution < 1.29 is 24.2 Å². The van der Waals surface area contributed by atoms with Crippen molar-refractivity contribution >= 4 is 34.2 Å². The van der Waals surface area contributed by atoms with E-state index in [1.165, 1.54) is 18.4 Å². The topological polar surface area (TPSA) is 92.7 Å². The highest BCUT2D eigenvalue weighted by Crippen LogP contribution is 2.29. The number of methoxy groups -OCH3 is 1. The number of carbonyl (C=O) groups is 3. The van der Waals surface area contributed by atoms with Gasteiger partial charge in [-0.2, -0.15) is 0 Å². The van der Waals surface area contributed by atoms with Gasteiger partial charge in [0.1, 0.15) is 5.00 Å². The first kappa shape index (κ1) is 15.9. The molecular weight excluding hydrogens is 282 g/mol. The first-order valence-corrected chi connectivity index (χ1v) is 6.72. The van der Waals surface area contributed by atoms with E-state index in [0.717, 1.165) is 29.9 Å². The van der Waals surface area contributed by atoms with Gasteiger partial charge in [0.25, 0.3) is 0 Å². The van der Waals surface area contributed by atoms with Gasteiger partial charge in [0, 0.05) is 17.0 Å². The third-order valence-electron chi connectivity index (χ3n) is 2.30. The van der Waals surface area contributed by atoms with Gasteiger partial charge in [-0.25, -0.2) is 9.59 Å². The van der Waals surface area contributed by atoms with E-state index in [2.05, 4.69) is 10.1 Å². The van der Waals surface area contributed by atoms with E-state index >= 15 is 0 Å². The summed E-state index contributed by atoms with van der Waals surface area (Å²) >= 11 is 1.28. The van der Waals surface area contributed by atoms with Crippen molar-refractivity contribution in [1.82, 2.24) is 0 Å². The van der Waals surface area contributed by atoms with Crippen molar-refractivity contribution in [3.8, 4) is 0 Å². The Morgan fingerprint density at radius 1 is 1.40 bits per heavy atom. The Hall–Kier alpha value is -2.15. The standard InChI is InChI=1S/C13H15NO5S/c1-3-4-8-7-9(13(18)19-2)12(20-8)14-10(15)5-6-11(16)17/h5-7H,3-4H2,1-2H3,(H,14,15)(H,16,17). The molecule has 6 nitrogen and oxygen atoms in total. The van der Waals surface area contributed by atoms with Crippen LogP contribution in [0.25, 0.3) is 0 Å². The summed E-state index contributed by atoms with van der Waals surface area (Å²) in [4.78, 5) is 34.4. The predicted octanol–water partition coefficient (Wildman–Crippen LogP) is 2.07. The number of aliphatic carboxylic acids is 1. The number of ether oxygens (including phenoxy) is 1. The van der Waals surface area contributed by atoms with E-state index in [1.54, 1.807) is 6.07 Å². The van der Waals surface area contributed by atoms with Crippen molar-refractivity contribution in [3.05, 3.63) is 28.7 Å². The SMILES string of the molecule is CCCc1cc(C(=O)OC)c(NC(=O)C=CC(=O)O)s1. The molecule has 0 aliphatic carbocycles. The maximum Gasteiger partial charge on any atom is 0.340 e. The maximum absolute atomic E-state index is 11.6.